The van der Waals surface area contributed by atoms with E-state index in [0.29, 0.717) is 18.0 Å². The molecule has 1 aromatic rings. The smallest absolute Gasteiger partial charge is 0.139 e. The van der Waals surface area contributed by atoms with Crippen molar-refractivity contribution in [1.82, 2.24) is 4.90 Å². The van der Waals surface area contributed by atoms with E-state index >= 15 is 0 Å². The van der Waals surface area contributed by atoms with Crippen LogP contribution >= 0.6 is 0 Å². The minimum Gasteiger partial charge on any atom is -0.494 e. The monoisotopic (exact) mass is 263 g/mol. The van der Waals surface area contributed by atoms with Gasteiger partial charge in [-0.1, -0.05) is 12.7 Å². The van der Waals surface area contributed by atoms with Gasteiger partial charge >= 0.3 is 0 Å². The molecule has 0 amide bonds. The molecule has 0 saturated carbocycles. The lowest BCUT2D eigenvalue weighted by Crippen LogP contribution is -2.18. The zero-order valence-electron chi connectivity index (χ0n) is 10.9. The first kappa shape index (κ1) is 13.3. The summed E-state index contributed by atoms with van der Waals surface area (Å²) in [7, 11) is 1.72. The van der Waals surface area contributed by atoms with Crippen LogP contribution in [0.3, 0.4) is 0 Å². The summed E-state index contributed by atoms with van der Waals surface area (Å²) in [6.07, 6.45) is 5.14. The molecule has 1 aromatic carbocycles. The highest BCUT2D eigenvalue weighted by atomic mass is 19.1. The lowest BCUT2D eigenvalue weighted by Gasteiger charge is -2.26. The Morgan fingerprint density at radius 1 is 1.26 bits per heavy atom. The predicted molar refractivity (Wildman–Crippen MR) is 71.5 cm³/mol. The van der Waals surface area contributed by atoms with Gasteiger partial charge < -0.3 is 9.64 Å². The minimum absolute atomic E-state index is 0.0727. The van der Waals surface area contributed by atoms with Crippen molar-refractivity contribution in [3.8, 4) is 5.75 Å². The zero-order valence-corrected chi connectivity index (χ0v) is 10.9. The highest BCUT2D eigenvalue weighted by Crippen LogP contribution is 2.31. The number of likely N-dealkylation sites (N-methyl/N-ethyl adjacent to an activating group) is 1. The van der Waals surface area contributed by atoms with E-state index in [-0.39, 0.29) is 11.3 Å². The van der Waals surface area contributed by atoms with Crippen LogP contribution in [0.1, 0.15) is 12.5 Å². The van der Waals surface area contributed by atoms with E-state index in [0.717, 1.165) is 0 Å². The molecule has 0 spiro atoms. The van der Waals surface area contributed by atoms with Gasteiger partial charge in [0.1, 0.15) is 17.4 Å². The van der Waals surface area contributed by atoms with Crippen LogP contribution in [0.4, 0.5) is 8.78 Å². The van der Waals surface area contributed by atoms with E-state index in [4.69, 9.17) is 4.74 Å². The van der Waals surface area contributed by atoms with Gasteiger partial charge in [0.05, 0.1) is 17.9 Å². The summed E-state index contributed by atoms with van der Waals surface area (Å²) < 4.78 is 33.3. The molecule has 0 radical (unpaired) electrons. The predicted octanol–water partition coefficient (Wildman–Crippen LogP) is 3.72. The van der Waals surface area contributed by atoms with Crippen molar-refractivity contribution in [2.24, 2.45) is 0 Å². The second-order valence-corrected chi connectivity index (χ2v) is 4.16. The van der Waals surface area contributed by atoms with Gasteiger partial charge in [0.25, 0.3) is 0 Å². The molecule has 0 saturated heterocycles. The van der Waals surface area contributed by atoms with Crippen molar-refractivity contribution >= 4 is 5.70 Å². The number of halogens is 2. The molecule has 0 bridgehead atoms. The molecule has 1 heterocycles. The summed E-state index contributed by atoms with van der Waals surface area (Å²) in [5.74, 6) is -1.11. The molecule has 1 aliphatic rings. The van der Waals surface area contributed by atoms with E-state index in [1.165, 1.54) is 12.1 Å². The molecular formula is C15H15F2NO. The van der Waals surface area contributed by atoms with Crippen molar-refractivity contribution in [2.45, 2.75) is 6.92 Å². The van der Waals surface area contributed by atoms with Gasteiger partial charge in [0, 0.05) is 24.9 Å². The van der Waals surface area contributed by atoms with E-state index < -0.39 is 11.6 Å². The third-order valence-corrected chi connectivity index (χ3v) is 2.92. The number of ether oxygens (including phenoxy) is 1. The Balaban J connectivity index is 2.49. The average molecular weight is 263 g/mol. The number of nitrogens with zero attached hydrogens (tertiary/aromatic N) is 1. The molecule has 0 fully saturated rings. The van der Waals surface area contributed by atoms with Crippen LogP contribution in [0.5, 0.6) is 5.75 Å². The van der Waals surface area contributed by atoms with Crippen LogP contribution in [0.25, 0.3) is 5.70 Å². The lowest BCUT2D eigenvalue weighted by atomic mass is 10.1. The Bertz CT molecular complexity index is 553. The summed E-state index contributed by atoms with van der Waals surface area (Å²) in [6, 6.07) is 2.38. The molecule has 0 N–H and O–H groups in total. The summed E-state index contributed by atoms with van der Waals surface area (Å²) in [5, 5.41) is 0. The van der Waals surface area contributed by atoms with Gasteiger partial charge in [0.15, 0.2) is 0 Å². The van der Waals surface area contributed by atoms with Crippen LogP contribution in [-0.4, -0.2) is 18.6 Å². The number of hydrogen-bond acceptors (Lipinski definition) is 2. The van der Waals surface area contributed by atoms with Gasteiger partial charge in [-0.2, -0.15) is 0 Å². The number of benzene rings is 1. The van der Waals surface area contributed by atoms with E-state index in [1.807, 2.05) is 0 Å². The summed E-state index contributed by atoms with van der Waals surface area (Å²) in [4.78, 5) is 1.64. The zero-order chi connectivity index (χ0) is 14.0. The van der Waals surface area contributed by atoms with Crippen LogP contribution in [0, 0.1) is 11.6 Å². The summed E-state index contributed by atoms with van der Waals surface area (Å²) in [6.45, 7) is 5.93. The van der Waals surface area contributed by atoms with Crippen molar-refractivity contribution in [3.63, 3.8) is 0 Å². The first-order chi connectivity index (χ1) is 9.04. The largest absolute Gasteiger partial charge is 0.494 e. The van der Waals surface area contributed by atoms with Crippen LogP contribution in [0.15, 0.2) is 42.6 Å². The number of allylic oxidation sites excluding steroid dienone is 3. The summed E-state index contributed by atoms with van der Waals surface area (Å²) in [5.41, 5.74) is 1.03. The Kier molecular flexibility index (Phi) is 3.69. The normalized spacial score (nSPS) is 14.6. The number of rotatable bonds is 3. The first-order valence-electron chi connectivity index (χ1n) is 5.97. The SMILES string of the molecule is C=C1C=CC=C(c2c(F)cc(OCC)cc2F)N1C. The molecule has 1 aliphatic heterocycles. The van der Waals surface area contributed by atoms with Crippen LogP contribution < -0.4 is 4.74 Å². The Hall–Kier alpha value is -2.10. The summed E-state index contributed by atoms with van der Waals surface area (Å²) >= 11 is 0. The average Bonchev–Trinajstić information content (AvgIpc) is 2.34. The second kappa shape index (κ2) is 5.26. The fourth-order valence-corrected chi connectivity index (χ4v) is 1.92. The fraction of sp³-hybridized carbons (Fsp3) is 0.200. The molecule has 0 atom stereocenters. The molecular weight excluding hydrogens is 248 g/mol. The van der Waals surface area contributed by atoms with Crippen molar-refractivity contribution in [3.05, 3.63) is 59.8 Å². The molecule has 4 heteroatoms. The standard InChI is InChI=1S/C15H15F2NO/c1-4-19-11-8-12(16)15(13(17)9-11)14-7-5-6-10(2)18(14)3/h5-9H,2,4H2,1,3H3. The van der Waals surface area contributed by atoms with Crippen molar-refractivity contribution < 1.29 is 13.5 Å². The highest BCUT2D eigenvalue weighted by Gasteiger charge is 2.20. The van der Waals surface area contributed by atoms with E-state index in [2.05, 4.69) is 6.58 Å². The Morgan fingerprint density at radius 2 is 1.89 bits per heavy atom. The second-order valence-electron chi connectivity index (χ2n) is 4.16. The van der Waals surface area contributed by atoms with Crippen molar-refractivity contribution in [1.29, 1.82) is 0 Å². The highest BCUT2D eigenvalue weighted by molar-refractivity contribution is 5.70. The van der Waals surface area contributed by atoms with E-state index in [9.17, 15) is 8.78 Å². The molecule has 2 rings (SSSR count). The van der Waals surface area contributed by atoms with Gasteiger partial charge in [-0.05, 0) is 19.1 Å². The molecule has 0 unspecified atom stereocenters. The molecule has 19 heavy (non-hydrogen) atoms. The maximum atomic E-state index is 14.1. The quantitative estimate of drug-likeness (QED) is 0.824. The van der Waals surface area contributed by atoms with Gasteiger partial charge in [-0.25, -0.2) is 8.78 Å². The Labute approximate surface area is 111 Å². The maximum absolute atomic E-state index is 14.1. The lowest BCUT2D eigenvalue weighted by molar-refractivity contribution is 0.335. The Morgan fingerprint density at radius 3 is 2.47 bits per heavy atom. The third kappa shape index (κ3) is 2.52. The first-order valence-corrected chi connectivity index (χ1v) is 5.97. The molecule has 0 aliphatic carbocycles. The molecule has 0 aromatic heterocycles. The third-order valence-electron chi connectivity index (χ3n) is 2.92. The maximum Gasteiger partial charge on any atom is 0.139 e. The fourth-order valence-electron chi connectivity index (χ4n) is 1.92. The topological polar surface area (TPSA) is 12.5 Å². The minimum atomic E-state index is -0.648. The van der Waals surface area contributed by atoms with Gasteiger partial charge in [-0.3, -0.25) is 0 Å². The van der Waals surface area contributed by atoms with E-state index in [1.54, 1.807) is 37.1 Å². The molecule has 100 valence electrons. The van der Waals surface area contributed by atoms with Gasteiger partial charge in [-0.15, -0.1) is 0 Å². The van der Waals surface area contributed by atoms with Gasteiger partial charge in [0.2, 0.25) is 0 Å². The molecule has 2 nitrogen and oxygen atoms in total. The van der Waals surface area contributed by atoms with Crippen LogP contribution in [0.2, 0.25) is 0 Å². The number of hydrogen-bond donors (Lipinski definition) is 0. The van der Waals surface area contributed by atoms with Crippen LogP contribution in [-0.2, 0) is 0 Å². The van der Waals surface area contributed by atoms with Crippen molar-refractivity contribution in [2.75, 3.05) is 13.7 Å².